The Kier molecular flexibility index (Phi) is 3.76. The van der Waals surface area contributed by atoms with Crippen molar-refractivity contribution in [3.63, 3.8) is 0 Å². The smallest absolute Gasteiger partial charge is 0.0184 e. The van der Waals surface area contributed by atoms with Gasteiger partial charge in [-0.3, -0.25) is 4.90 Å². The Labute approximate surface area is 109 Å². The van der Waals surface area contributed by atoms with Gasteiger partial charge in [-0.05, 0) is 58.8 Å². The van der Waals surface area contributed by atoms with E-state index < -0.39 is 0 Å². The molecule has 0 N–H and O–H groups in total. The van der Waals surface area contributed by atoms with Crippen LogP contribution in [-0.4, -0.2) is 22.0 Å². The minimum Gasteiger partial charge on any atom is -0.290 e. The van der Waals surface area contributed by atoms with Crippen molar-refractivity contribution in [2.24, 2.45) is 11.3 Å². The third-order valence-corrected chi connectivity index (χ3v) is 5.73. The average molecular weight is 239 g/mol. The van der Waals surface area contributed by atoms with E-state index >= 15 is 0 Å². The van der Waals surface area contributed by atoms with Gasteiger partial charge < -0.3 is 0 Å². The fourth-order valence-electron chi connectivity index (χ4n) is 4.03. The van der Waals surface area contributed by atoms with E-state index in [4.69, 9.17) is 0 Å². The second kappa shape index (κ2) is 4.26. The van der Waals surface area contributed by atoms with E-state index in [1.807, 2.05) is 0 Å². The highest BCUT2D eigenvalue weighted by Crippen LogP contribution is 2.52. The standard InChI is InChI=1S/C16H33N/c1-10-16(9)11-14(5,6)17(13(16)4)15(7,8)12(2)3/h12-13H,10-11H2,1-9H3. The molecule has 1 saturated heterocycles. The van der Waals surface area contributed by atoms with Crippen molar-refractivity contribution in [1.29, 1.82) is 0 Å². The number of hydrogen-bond acceptors (Lipinski definition) is 1. The molecular weight excluding hydrogens is 206 g/mol. The first kappa shape index (κ1) is 15.0. The van der Waals surface area contributed by atoms with Crippen LogP contribution in [0, 0.1) is 11.3 Å². The highest BCUT2D eigenvalue weighted by atomic mass is 15.3. The summed E-state index contributed by atoms with van der Waals surface area (Å²) in [6.07, 6.45) is 2.59. The predicted molar refractivity (Wildman–Crippen MR) is 77.3 cm³/mol. The van der Waals surface area contributed by atoms with E-state index in [9.17, 15) is 0 Å². The van der Waals surface area contributed by atoms with Crippen LogP contribution in [-0.2, 0) is 0 Å². The van der Waals surface area contributed by atoms with E-state index in [0.717, 1.165) is 0 Å². The molecule has 1 rings (SSSR count). The Morgan fingerprint density at radius 3 is 2.00 bits per heavy atom. The van der Waals surface area contributed by atoms with Gasteiger partial charge >= 0.3 is 0 Å². The van der Waals surface area contributed by atoms with E-state index in [1.54, 1.807) is 0 Å². The summed E-state index contributed by atoms with van der Waals surface area (Å²) >= 11 is 0. The van der Waals surface area contributed by atoms with Crippen molar-refractivity contribution in [3.8, 4) is 0 Å². The molecule has 1 heteroatoms. The van der Waals surface area contributed by atoms with E-state index in [-0.39, 0.29) is 5.54 Å². The molecule has 0 radical (unpaired) electrons. The summed E-state index contributed by atoms with van der Waals surface area (Å²) in [5.74, 6) is 0.684. The molecule has 0 amide bonds. The lowest BCUT2D eigenvalue weighted by Gasteiger charge is -2.50. The normalized spacial score (nSPS) is 34.6. The van der Waals surface area contributed by atoms with Crippen molar-refractivity contribution in [1.82, 2.24) is 4.90 Å². The topological polar surface area (TPSA) is 3.24 Å². The van der Waals surface area contributed by atoms with Crippen LogP contribution < -0.4 is 0 Å². The summed E-state index contributed by atoms with van der Waals surface area (Å²) < 4.78 is 0. The minimum atomic E-state index is 0.274. The molecule has 0 aliphatic carbocycles. The van der Waals surface area contributed by atoms with Gasteiger partial charge in [0.15, 0.2) is 0 Å². The Morgan fingerprint density at radius 1 is 1.24 bits per heavy atom. The van der Waals surface area contributed by atoms with Gasteiger partial charge in [-0.15, -0.1) is 0 Å². The lowest BCUT2D eigenvalue weighted by Crippen LogP contribution is -2.57. The van der Waals surface area contributed by atoms with Crippen molar-refractivity contribution >= 4 is 0 Å². The third-order valence-electron chi connectivity index (χ3n) is 5.73. The molecule has 102 valence electrons. The van der Waals surface area contributed by atoms with Crippen LogP contribution in [0.25, 0.3) is 0 Å². The molecule has 1 aliphatic rings. The molecule has 1 heterocycles. The highest BCUT2D eigenvalue weighted by Gasteiger charge is 2.54. The first-order chi connectivity index (χ1) is 7.49. The van der Waals surface area contributed by atoms with Crippen molar-refractivity contribution in [2.75, 3.05) is 0 Å². The van der Waals surface area contributed by atoms with Crippen LogP contribution >= 0.6 is 0 Å². The number of rotatable bonds is 3. The van der Waals surface area contributed by atoms with Crippen LogP contribution in [0.1, 0.15) is 75.2 Å². The van der Waals surface area contributed by atoms with Crippen LogP contribution in [0.4, 0.5) is 0 Å². The minimum absolute atomic E-state index is 0.274. The molecule has 0 spiro atoms. The Hall–Kier alpha value is -0.0400. The maximum atomic E-state index is 2.79. The Bertz CT molecular complexity index is 277. The summed E-state index contributed by atoms with van der Waals surface area (Å²) in [4.78, 5) is 2.79. The van der Waals surface area contributed by atoms with Crippen LogP contribution in [0.2, 0.25) is 0 Å². The van der Waals surface area contributed by atoms with Gasteiger partial charge in [-0.1, -0.05) is 27.7 Å². The van der Waals surface area contributed by atoms with Gasteiger partial charge in [0.1, 0.15) is 0 Å². The zero-order chi connectivity index (χ0) is 13.6. The largest absolute Gasteiger partial charge is 0.290 e. The first-order valence-corrected chi connectivity index (χ1v) is 7.28. The maximum absolute atomic E-state index is 2.79. The van der Waals surface area contributed by atoms with E-state index in [0.29, 0.717) is 22.9 Å². The quantitative estimate of drug-likeness (QED) is 0.689. The lowest BCUT2D eigenvalue weighted by molar-refractivity contribution is -0.0140. The van der Waals surface area contributed by atoms with E-state index in [2.05, 4.69) is 67.2 Å². The summed E-state index contributed by atoms with van der Waals surface area (Å²) in [5.41, 5.74) is 1.06. The Balaban J connectivity index is 3.16. The molecule has 1 aliphatic heterocycles. The fraction of sp³-hybridized carbons (Fsp3) is 1.00. The van der Waals surface area contributed by atoms with Crippen LogP contribution in [0.5, 0.6) is 0 Å². The van der Waals surface area contributed by atoms with Gasteiger partial charge in [0, 0.05) is 17.1 Å². The lowest BCUT2D eigenvalue weighted by atomic mass is 9.77. The van der Waals surface area contributed by atoms with Crippen molar-refractivity contribution < 1.29 is 0 Å². The summed E-state index contributed by atoms with van der Waals surface area (Å²) in [6.45, 7) is 21.6. The molecule has 0 saturated carbocycles. The monoisotopic (exact) mass is 239 g/mol. The second-order valence-electron chi connectivity index (χ2n) is 7.85. The molecule has 17 heavy (non-hydrogen) atoms. The first-order valence-electron chi connectivity index (χ1n) is 7.28. The molecule has 2 atom stereocenters. The third kappa shape index (κ3) is 2.28. The molecular formula is C16H33N. The summed E-state index contributed by atoms with van der Waals surface area (Å²) in [5, 5.41) is 0. The fourth-order valence-corrected chi connectivity index (χ4v) is 4.03. The van der Waals surface area contributed by atoms with Gasteiger partial charge in [0.25, 0.3) is 0 Å². The second-order valence-corrected chi connectivity index (χ2v) is 7.85. The Morgan fingerprint density at radius 2 is 1.71 bits per heavy atom. The summed E-state index contributed by atoms with van der Waals surface area (Å²) in [7, 11) is 0. The van der Waals surface area contributed by atoms with Crippen LogP contribution in [0.3, 0.4) is 0 Å². The average Bonchev–Trinajstić information content (AvgIpc) is 2.33. The predicted octanol–water partition coefficient (Wildman–Crippen LogP) is 4.71. The molecule has 2 unspecified atom stereocenters. The molecule has 0 aromatic carbocycles. The summed E-state index contributed by atoms with van der Waals surface area (Å²) in [6, 6.07) is 0.667. The molecule has 1 fully saturated rings. The van der Waals surface area contributed by atoms with Gasteiger partial charge in [-0.2, -0.15) is 0 Å². The zero-order valence-electron chi connectivity index (χ0n) is 13.5. The number of likely N-dealkylation sites (tertiary alicyclic amines) is 1. The van der Waals surface area contributed by atoms with Crippen molar-refractivity contribution in [3.05, 3.63) is 0 Å². The highest BCUT2D eigenvalue weighted by molar-refractivity contribution is 5.09. The molecule has 0 aromatic heterocycles. The van der Waals surface area contributed by atoms with Gasteiger partial charge in [0.2, 0.25) is 0 Å². The number of nitrogens with zero attached hydrogens (tertiary/aromatic N) is 1. The van der Waals surface area contributed by atoms with Gasteiger partial charge in [-0.25, -0.2) is 0 Å². The number of hydrogen-bond donors (Lipinski definition) is 0. The SMILES string of the molecule is CCC1(C)CC(C)(C)N(C(C)(C)C(C)C)C1C. The molecule has 0 bridgehead atoms. The molecule has 0 aromatic rings. The molecule has 1 nitrogen and oxygen atoms in total. The van der Waals surface area contributed by atoms with E-state index in [1.165, 1.54) is 12.8 Å². The van der Waals surface area contributed by atoms with Crippen molar-refractivity contribution in [2.45, 2.75) is 92.3 Å². The zero-order valence-corrected chi connectivity index (χ0v) is 13.5. The van der Waals surface area contributed by atoms with Crippen LogP contribution in [0.15, 0.2) is 0 Å². The van der Waals surface area contributed by atoms with Gasteiger partial charge in [0.05, 0.1) is 0 Å². The maximum Gasteiger partial charge on any atom is 0.0184 e.